The number of rotatable bonds is 5. The van der Waals surface area contributed by atoms with Crippen molar-refractivity contribution in [3.8, 4) is 0 Å². The number of hydrogen-bond donors (Lipinski definition) is 1. The molecule has 0 aliphatic heterocycles. The van der Waals surface area contributed by atoms with Crippen molar-refractivity contribution >= 4 is 5.97 Å². The van der Waals surface area contributed by atoms with E-state index >= 15 is 0 Å². The second-order valence-electron chi connectivity index (χ2n) is 4.50. The van der Waals surface area contributed by atoms with E-state index in [4.69, 9.17) is 0 Å². The molecular weight excluding hydrogens is 200 g/mol. The summed E-state index contributed by atoms with van der Waals surface area (Å²) < 4.78 is 0. The Hall–Kier alpha value is -1.57. The van der Waals surface area contributed by atoms with Crippen molar-refractivity contribution in [1.29, 1.82) is 0 Å². The molecule has 0 amide bonds. The highest BCUT2D eigenvalue weighted by atomic mass is 16.4. The summed E-state index contributed by atoms with van der Waals surface area (Å²) in [5.41, 5.74) is 0.658. The Morgan fingerprint density at radius 3 is 2.44 bits per heavy atom. The molecule has 1 atom stereocenters. The smallest absolute Gasteiger partial charge is 0.307 e. The summed E-state index contributed by atoms with van der Waals surface area (Å²) in [7, 11) is 0. The number of benzene rings is 1. The molecule has 1 aromatic carbocycles. The maximum absolute atomic E-state index is 11.3. The van der Waals surface area contributed by atoms with Gasteiger partial charge >= 0.3 is 5.97 Å². The molecule has 0 spiro atoms. The lowest BCUT2D eigenvalue weighted by Crippen LogP contribution is -2.34. The zero-order valence-electron chi connectivity index (χ0n) is 9.81. The van der Waals surface area contributed by atoms with E-state index in [1.807, 2.05) is 44.2 Å². The van der Waals surface area contributed by atoms with Crippen molar-refractivity contribution in [2.75, 3.05) is 0 Å². The Morgan fingerprint density at radius 1 is 1.44 bits per heavy atom. The molecule has 0 unspecified atom stereocenters. The summed E-state index contributed by atoms with van der Waals surface area (Å²) in [6.07, 6.45) is 2.15. The first kappa shape index (κ1) is 12.5. The number of hydrogen-bond acceptors (Lipinski definition) is 1. The first-order valence-electron chi connectivity index (χ1n) is 5.39. The van der Waals surface area contributed by atoms with Crippen LogP contribution in [-0.4, -0.2) is 11.1 Å². The lowest BCUT2D eigenvalue weighted by Gasteiger charge is -2.31. The minimum Gasteiger partial charge on any atom is -0.481 e. The molecule has 0 heterocycles. The highest BCUT2D eigenvalue weighted by Gasteiger charge is 2.35. The van der Waals surface area contributed by atoms with Crippen molar-refractivity contribution in [2.24, 2.45) is 5.92 Å². The fraction of sp³-hybridized carbons (Fsp3) is 0.357. The normalized spacial score (nSPS) is 13.1. The maximum Gasteiger partial charge on any atom is 0.307 e. The molecule has 0 radical (unpaired) electrons. The maximum atomic E-state index is 11.3. The highest BCUT2D eigenvalue weighted by molar-refractivity contribution is 5.72. The predicted octanol–water partition coefficient (Wildman–Crippen LogP) is 3.24. The summed E-state index contributed by atoms with van der Waals surface area (Å²) in [5.74, 6) is -1.21. The number of carboxylic acid groups (broad SMARTS) is 1. The minimum atomic E-state index is -0.770. The molecule has 2 nitrogen and oxygen atoms in total. The molecule has 0 bridgehead atoms. The van der Waals surface area contributed by atoms with Gasteiger partial charge in [0.25, 0.3) is 0 Å². The van der Waals surface area contributed by atoms with Gasteiger partial charge in [0.1, 0.15) is 0 Å². The molecule has 0 aliphatic rings. The molecule has 0 aromatic heterocycles. The quantitative estimate of drug-likeness (QED) is 0.770. The van der Waals surface area contributed by atoms with Crippen LogP contribution in [0.15, 0.2) is 43.0 Å². The fourth-order valence-electron chi connectivity index (χ4n) is 1.94. The van der Waals surface area contributed by atoms with Crippen molar-refractivity contribution in [3.05, 3.63) is 48.6 Å². The van der Waals surface area contributed by atoms with Gasteiger partial charge in [-0.3, -0.25) is 4.79 Å². The SMILES string of the molecule is C=CC[C@@H](C(=O)O)C(C)(C)c1ccccc1. The van der Waals surface area contributed by atoms with Gasteiger partial charge in [-0.15, -0.1) is 6.58 Å². The predicted molar refractivity (Wildman–Crippen MR) is 65.4 cm³/mol. The van der Waals surface area contributed by atoms with E-state index in [1.54, 1.807) is 6.08 Å². The largest absolute Gasteiger partial charge is 0.481 e. The third-order valence-corrected chi connectivity index (χ3v) is 3.09. The van der Waals surface area contributed by atoms with Crippen LogP contribution in [-0.2, 0) is 10.2 Å². The van der Waals surface area contributed by atoms with Gasteiger partial charge in [0.05, 0.1) is 5.92 Å². The van der Waals surface area contributed by atoms with Gasteiger partial charge in [0.15, 0.2) is 0 Å². The zero-order chi connectivity index (χ0) is 12.2. The first-order valence-corrected chi connectivity index (χ1v) is 5.39. The lowest BCUT2D eigenvalue weighted by atomic mass is 9.72. The van der Waals surface area contributed by atoms with Crippen LogP contribution in [0.3, 0.4) is 0 Å². The van der Waals surface area contributed by atoms with E-state index in [1.165, 1.54) is 0 Å². The Kier molecular flexibility index (Phi) is 3.88. The van der Waals surface area contributed by atoms with Gasteiger partial charge in [-0.2, -0.15) is 0 Å². The van der Waals surface area contributed by atoms with Crippen molar-refractivity contribution in [2.45, 2.75) is 25.7 Å². The van der Waals surface area contributed by atoms with E-state index in [0.717, 1.165) is 5.56 Å². The van der Waals surface area contributed by atoms with Gasteiger partial charge < -0.3 is 5.11 Å². The Balaban J connectivity index is 3.07. The average molecular weight is 218 g/mol. The molecule has 1 aromatic rings. The molecule has 0 saturated heterocycles. The standard InChI is InChI=1S/C14H18O2/c1-4-8-12(13(15)16)14(2,3)11-9-6-5-7-10-11/h4-7,9-10,12H,1,8H2,2-3H3,(H,15,16)/t12-/m0/s1. The van der Waals surface area contributed by atoms with Crippen LogP contribution in [0.4, 0.5) is 0 Å². The molecule has 86 valence electrons. The monoisotopic (exact) mass is 218 g/mol. The summed E-state index contributed by atoms with van der Waals surface area (Å²) >= 11 is 0. The molecule has 2 heteroatoms. The van der Waals surface area contributed by atoms with Crippen LogP contribution < -0.4 is 0 Å². The first-order chi connectivity index (χ1) is 7.50. The summed E-state index contributed by atoms with van der Waals surface area (Å²) in [4.78, 5) is 11.3. The highest BCUT2D eigenvalue weighted by Crippen LogP contribution is 2.34. The fourth-order valence-corrected chi connectivity index (χ4v) is 1.94. The summed E-state index contributed by atoms with van der Waals surface area (Å²) in [6, 6.07) is 9.74. The third kappa shape index (κ3) is 2.51. The lowest BCUT2D eigenvalue weighted by molar-refractivity contribution is -0.143. The second-order valence-corrected chi connectivity index (χ2v) is 4.50. The number of allylic oxidation sites excluding steroid dienone is 1. The van der Waals surface area contributed by atoms with Crippen molar-refractivity contribution < 1.29 is 9.90 Å². The average Bonchev–Trinajstić information content (AvgIpc) is 2.26. The van der Waals surface area contributed by atoms with Gasteiger partial charge in [-0.25, -0.2) is 0 Å². The molecule has 1 rings (SSSR count). The van der Waals surface area contributed by atoms with Crippen molar-refractivity contribution in [1.82, 2.24) is 0 Å². The minimum absolute atomic E-state index is 0.388. The van der Waals surface area contributed by atoms with Crippen LogP contribution in [0.2, 0.25) is 0 Å². The molecular formula is C14H18O2. The Labute approximate surface area is 96.6 Å². The van der Waals surface area contributed by atoms with Gasteiger partial charge in [0.2, 0.25) is 0 Å². The zero-order valence-corrected chi connectivity index (χ0v) is 9.81. The summed E-state index contributed by atoms with van der Waals surface area (Å²) in [5, 5.41) is 9.25. The van der Waals surface area contributed by atoms with Gasteiger partial charge in [-0.1, -0.05) is 50.3 Å². The van der Waals surface area contributed by atoms with Gasteiger partial charge in [0, 0.05) is 5.41 Å². The molecule has 0 aliphatic carbocycles. The van der Waals surface area contributed by atoms with Crippen LogP contribution in [0.25, 0.3) is 0 Å². The topological polar surface area (TPSA) is 37.3 Å². The Morgan fingerprint density at radius 2 is 2.00 bits per heavy atom. The van der Waals surface area contributed by atoms with E-state index in [9.17, 15) is 9.90 Å². The number of carbonyl (C=O) groups is 1. The molecule has 0 fully saturated rings. The van der Waals surface area contributed by atoms with E-state index in [-0.39, 0.29) is 5.41 Å². The number of aliphatic carboxylic acids is 1. The number of carboxylic acids is 1. The third-order valence-electron chi connectivity index (χ3n) is 3.09. The molecule has 0 saturated carbocycles. The summed E-state index contributed by atoms with van der Waals surface area (Å²) in [6.45, 7) is 7.55. The molecule has 16 heavy (non-hydrogen) atoms. The van der Waals surface area contributed by atoms with Crippen LogP contribution >= 0.6 is 0 Å². The van der Waals surface area contributed by atoms with Crippen LogP contribution in [0, 0.1) is 5.92 Å². The Bertz CT molecular complexity index is 366. The van der Waals surface area contributed by atoms with Crippen LogP contribution in [0.5, 0.6) is 0 Å². The van der Waals surface area contributed by atoms with E-state index < -0.39 is 11.9 Å². The van der Waals surface area contributed by atoms with Crippen LogP contribution in [0.1, 0.15) is 25.8 Å². The van der Waals surface area contributed by atoms with E-state index in [0.29, 0.717) is 6.42 Å². The van der Waals surface area contributed by atoms with Crippen molar-refractivity contribution in [3.63, 3.8) is 0 Å². The molecule has 1 N–H and O–H groups in total. The second kappa shape index (κ2) is 4.97. The van der Waals surface area contributed by atoms with Gasteiger partial charge in [-0.05, 0) is 12.0 Å². The van der Waals surface area contributed by atoms with E-state index in [2.05, 4.69) is 6.58 Å².